The lowest BCUT2D eigenvalue weighted by Crippen LogP contribution is -2.30. The second kappa shape index (κ2) is 16.2. The van der Waals surface area contributed by atoms with Crippen molar-refractivity contribution >= 4 is 32.8 Å². The Morgan fingerprint density at radius 3 is 1.85 bits per heavy atom. The smallest absolute Gasteiger partial charge is 0.271 e. The van der Waals surface area contributed by atoms with E-state index in [2.05, 4.69) is 137 Å². The largest absolute Gasteiger partial charge is 0.458 e. The van der Waals surface area contributed by atoms with Crippen LogP contribution in [-0.4, -0.2) is 19.1 Å². The van der Waals surface area contributed by atoms with Gasteiger partial charge in [0.1, 0.15) is 17.3 Å². The molecule has 9 aromatic rings. The van der Waals surface area contributed by atoms with E-state index in [9.17, 15) is 5.48 Å². The number of fused-ring (bicyclic) bond motifs is 4. The molecule has 0 aliphatic rings. The molecule has 0 spiro atoms. The molecule has 6 heteroatoms. The number of hydrogen-bond donors (Lipinski definition) is 0. The number of ether oxygens (including phenoxy) is 1. The van der Waals surface area contributed by atoms with Crippen LogP contribution in [0.15, 0.2) is 140 Å². The van der Waals surface area contributed by atoms with Crippen LogP contribution in [0.2, 0.25) is 0 Å². The zero-order valence-corrected chi connectivity index (χ0v) is 39.9. The van der Waals surface area contributed by atoms with Crippen molar-refractivity contribution in [1.82, 2.24) is 19.1 Å². The van der Waals surface area contributed by atoms with Gasteiger partial charge in [0.2, 0.25) is 0 Å². The number of aromatic nitrogens is 5. The zero-order chi connectivity index (χ0) is 49.6. The normalized spacial score (nSPS) is 14.1. The fourth-order valence-corrected chi connectivity index (χ4v) is 8.54. The Labute approximate surface area is 391 Å². The topological polar surface area (TPSA) is 48.8 Å². The van der Waals surface area contributed by atoms with E-state index >= 15 is 0 Å². The average Bonchev–Trinajstić information content (AvgIpc) is 3.83. The summed E-state index contributed by atoms with van der Waals surface area (Å²) in [6.07, 6.45) is 3.63. The highest BCUT2D eigenvalue weighted by Crippen LogP contribution is 2.38. The maximum absolute atomic E-state index is 9.36. The van der Waals surface area contributed by atoms with Gasteiger partial charge >= 0.3 is 0 Å². The summed E-state index contributed by atoms with van der Waals surface area (Å²) < 4.78 is 50.2. The molecule has 4 heterocycles. The summed E-state index contributed by atoms with van der Waals surface area (Å²) in [5.41, 5.74) is 7.87. The van der Waals surface area contributed by atoms with Gasteiger partial charge in [-0.3, -0.25) is 18.7 Å². The molecular weight excluding hydrogens is 795 g/mol. The van der Waals surface area contributed by atoms with Crippen molar-refractivity contribution in [3.05, 3.63) is 168 Å². The van der Waals surface area contributed by atoms with Crippen molar-refractivity contribution in [2.75, 3.05) is 0 Å². The Hall–Kier alpha value is -6.53. The molecule has 0 aliphatic carbocycles. The van der Waals surface area contributed by atoms with Crippen LogP contribution in [-0.2, 0) is 23.6 Å². The molecule has 0 radical (unpaired) electrons. The summed E-state index contributed by atoms with van der Waals surface area (Å²) in [5, 5.41) is 2.20. The highest BCUT2D eigenvalue weighted by Gasteiger charge is 2.23. The molecule has 65 heavy (non-hydrogen) atoms. The molecule has 0 saturated carbocycles. The Kier molecular flexibility index (Phi) is 9.67. The first-order valence-corrected chi connectivity index (χ1v) is 22.6. The van der Waals surface area contributed by atoms with Crippen LogP contribution in [0.1, 0.15) is 111 Å². The third-order valence-corrected chi connectivity index (χ3v) is 11.6. The predicted molar refractivity (Wildman–Crippen MR) is 269 cm³/mol. The molecule has 0 fully saturated rings. The fraction of sp³-hybridized carbons (Fsp3) is 0.305. The number of hydrogen-bond acceptors (Lipinski definition) is 3. The maximum atomic E-state index is 9.36. The standard InChI is InChI=1S/C59H63N5O/c1-56(2,3)36-39-28-40(37-57(4,5)6)30-45(29-39)62-38-63(51-23-19-43(32-53(51)62)58(7,8)9)54-35-47(25-27-60-54)65-46-20-21-48-49-31-42(41-16-14-13-15-17-41)18-22-50(49)64(52(48)34-46)55-33-44(24-26-61-55)59(10,11)12/h13-35H,36-37H2,1-12H3/i36D2,37D2. The van der Waals surface area contributed by atoms with Gasteiger partial charge in [-0.25, -0.2) is 4.98 Å². The quantitative estimate of drug-likeness (QED) is 0.113. The second-order valence-electron chi connectivity index (χ2n) is 21.5. The minimum Gasteiger partial charge on any atom is -0.458 e. The maximum Gasteiger partial charge on any atom is 0.271 e. The second-order valence-corrected chi connectivity index (χ2v) is 21.5. The van der Waals surface area contributed by atoms with Gasteiger partial charge in [-0.2, -0.15) is 0 Å². The zero-order valence-electron chi connectivity index (χ0n) is 43.9. The van der Waals surface area contributed by atoms with Crippen molar-refractivity contribution in [2.24, 2.45) is 10.8 Å². The molecule has 0 atom stereocenters. The van der Waals surface area contributed by atoms with E-state index in [1.807, 2.05) is 93.3 Å². The summed E-state index contributed by atoms with van der Waals surface area (Å²) in [6, 6.07) is 43.1. The molecule has 9 rings (SSSR count). The van der Waals surface area contributed by atoms with Gasteiger partial charge in [0.25, 0.3) is 6.33 Å². The van der Waals surface area contributed by atoms with E-state index in [1.54, 1.807) is 12.3 Å². The molecule has 0 amide bonds. The van der Waals surface area contributed by atoms with Gasteiger partial charge in [0.15, 0.2) is 5.82 Å². The first-order chi connectivity index (χ1) is 32.2. The highest BCUT2D eigenvalue weighted by molar-refractivity contribution is 6.10. The van der Waals surface area contributed by atoms with E-state index in [0.29, 0.717) is 34.1 Å². The molecule has 0 bridgehead atoms. The molecular formula is C59H63N5O. The first-order valence-electron chi connectivity index (χ1n) is 24.6. The Bertz CT molecular complexity index is 3370. The van der Waals surface area contributed by atoms with Crippen LogP contribution >= 0.6 is 0 Å². The number of nitrogens with zero attached hydrogens (tertiary/aromatic N) is 5. The van der Waals surface area contributed by atoms with Gasteiger partial charge in [-0.05, 0) is 117 Å². The molecule has 330 valence electrons. The van der Waals surface area contributed by atoms with Gasteiger partial charge < -0.3 is 4.74 Å². The molecule has 4 aromatic heterocycles. The monoisotopic (exact) mass is 862 g/mol. The van der Waals surface area contributed by atoms with E-state index in [1.165, 1.54) is 5.56 Å². The van der Waals surface area contributed by atoms with Crippen LogP contribution in [0, 0.1) is 17.2 Å². The van der Waals surface area contributed by atoms with Crippen LogP contribution in [0.5, 0.6) is 11.5 Å². The Morgan fingerprint density at radius 1 is 0.538 bits per heavy atom. The third kappa shape index (κ3) is 9.22. The van der Waals surface area contributed by atoms with Crippen molar-refractivity contribution in [2.45, 2.75) is 107 Å². The lowest BCUT2D eigenvalue weighted by atomic mass is 9.84. The Balaban J connectivity index is 1.18. The SMILES string of the molecule is [2H]C([2H])(c1cc(-[n+]2[c-]n(-c3cc(Oc4ccc5c6cc(-c7ccccc7)ccc6n(-c6cc(C(C)(C)C)ccn6)c5c4)ccn3)c3ccc(C(C)(C)C)cc32)cc(C([2H])([2H])C(C)(C)C)c1)C(C)(C)C. The molecule has 0 unspecified atom stereocenters. The highest BCUT2D eigenvalue weighted by atomic mass is 16.5. The van der Waals surface area contributed by atoms with Gasteiger partial charge in [0, 0.05) is 40.8 Å². The van der Waals surface area contributed by atoms with E-state index in [-0.39, 0.29) is 10.8 Å². The summed E-state index contributed by atoms with van der Waals surface area (Å²) in [5.74, 6) is 2.63. The van der Waals surface area contributed by atoms with Gasteiger partial charge in [-0.15, -0.1) is 0 Å². The van der Waals surface area contributed by atoms with Gasteiger partial charge in [0.05, 0.1) is 27.8 Å². The molecule has 5 aromatic carbocycles. The van der Waals surface area contributed by atoms with Crippen molar-refractivity contribution in [3.63, 3.8) is 0 Å². The number of pyridine rings is 2. The lowest BCUT2D eigenvalue weighted by molar-refractivity contribution is -0.572. The Morgan fingerprint density at radius 2 is 1.17 bits per heavy atom. The minimum absolute atomic E-state index is 0.0715. The fourth-order valence-electron chi connectivity index (χ4n) is 8.54. The summed E-state index contributed by atoms with van der Waals surface area (Å²) >= 11 is 0. The van der Waals surface area contributed by atoms with E-state index < -0.39 is 23.6 Å². The van der Waals surface area contributed by atoms with Crippen LogP contribution in [0.3, 0.4) is 0 Å². The van der Waals surface area contributed by atoms with E-state index in [0.717, 1.165) is 55.3 Å². The van der Waals surface area contributed by atoms with Gasteiger partial charge in [-0.1, -0.05) is 149 Å². The van der Waals surface area contributed by atoms with Crippen LogP contribution in [0.4, 0.5) is 0 Å². The van der Waals surface area contributed by atoms with Crippen LogP contribution in [0.25, 0.3) is 61.3 Å². The van der Waals surface area contributed by atoms with Crippen molar-refractivity contribution < 1.29 is 14.8 Å². The van der Waals surface area contributed by atoms with Crippen molar-refractivity contribution in [1.29, 1.82) is 0 Å². The molecule has 0 saturated heterocycles. The number of benzene rings is 5. The third-order valence-electron chi connectivity index (χ3n) is 11.6. The molecule has 6 nitrogen and oxygen atoms in total. The number of rotatable bonds is 8. The molecule has 0 aliphatic heterocycles. The lowest BCUT2D eigenvalue weighted by Gasteiger charge is -2.23. The number of imidazole rings is 1. The minimum atomic E-state index is -1.79. The van der Waals surface area contributed by atoms with E-state index in [4.69, 9.17) is 14.7 Å². The predicted octanol–water partition coefficient (Wildman–Crippen LogP) is 14.8. The summed E-state index contributed by atoms with van der Waals surface area (Å²) in [7, 11) is 0. The van der Waals surface area contributed by atoms with Crippen LogP contribution < -0.4 is 9.30 Å². The summed E-state index contributed by atoms with van der Waals surface area (Å²) in [6.45, 7) is 24.4. The molecule has 0 N–H and O–H groups in total. The first kappa shape index (κ1) is 38.9. The van der Waals surface area contributed by atoms with Crippen molar-refractivity contribution in [3.8, 4) is 39.9 Å². The average molecular weight is 862 g/mol. The summed E-state index contributed by atoms with van der Waals surface area (Å²) in [4.78, 5) is 9.78.